The first-order chi connectivity index (χ1) is 18.3. The molecule has 0 bridgehead atoms. The zero-order valence-electron chi connectivity index (χ0n) is 21.1. The molecular weight excluding hydrogens is 534 g/mol. The van der Waals surface area contributed by atoms with Crippen LogP contribution in [-0.4, -0.2) is 51.5 Å². The Bertz CT molecular complexity index is 1310. The fourth-order valence-electron chi connectivity index (χ4n) is 3.97. The van der Waals surface area contributed by atoms with Crippen LogP contribution in [0.15, 0.2) is 47.0 Å². The van der Waals surface area contributed by atoms with Gasteiger partial charge < -0.3 is 29.6 Å². The number of nitrogens with one attached hydrogen (secondary N) is 2. The molecule has 0 radical (unpaired) electrons. The van der Waals surface area contributed by atoms with Crippen LogP contribution in [0.5, 0.6) is 17.2 Å². The lowest BCUT2D eigenvalue weighted by Gasteiger charge is -2.31. The number of nitriles is 1. The normalized spacial score (nSPS) is 16.7. The van der Waals surface area contributed by atoms with Crippen LogP contribution in [-0.2, 0) is 19.1 Å². The number of benzene rings is 2. The van der Waals surface area contributed by atoms with Crippen molar-refractivity contribution in [2.75, 3.05) is 39.0 Å². The molecule has 0 saturated heterocycles. The van der Waals surface area contributed by atoms with E-state index in [1.807, 2.05) is 0 Å². The van der Waals surface area contributed by atoms with Gasteiger partial charge in [-0.3, -0.25) is 14.4 Å². The van der Waals surface area contributed by atoms with E-state index < -0.39 is 29.6 Å². The number of methoxy groups -OCH3 is 3. The summed E-state index contributed by atoms with van der Waals surface area (Å²) in [6.07, 6.45) is 0. The van der Waals surface area contributed by atoms with Gasteiger partial charge in [0.25, 0.3) is 0 Å². The Morgan fingerprint density at radius 3 is 2.42 bits per heavy atom. The number of para-hydroxylation sites is 1. The summed E-state index contributed by atoms with van der Waals surface area (Å²) in [4.78, 5) is 38.8. The van der Waals surface area contributed by atoms with Gasteiger partial charge in [-0.05, 0) is 13.0 Å². The molecule has 200 valence electrons. The molecule has 38 heavy (non-hydrogen) atoms. The van der Waals surface area contributed by atoms with E-state index in [0.717, 1.165) is 11.8 Å². The first kappa shape index (κ1) is 28.7. The molecule has 0 fully saturated rings. The number of carbonyl (C=O) groups is 3. The lowest BCUT2D eigenvalue weighted by atomic mass is 9.78. The van der Waals surface area contributed by atoms with E-state index in [9.17, 15) is 19.6 Å². The number of amides is 2. The lowest BCUT2D eigenvalue weighted by Crippen LogP contribution is -2.44. The molecule has 3 rings (SSSR count). The van der Waals surface area contributed by atoms with Gasteiger partial charge in [-0.15, -0.1) is 0 Å². The number of thioether (sulfide) groups is 1. The molecule has 12 heteroatoms. The van der Waals surface area contributed by atoms with Crippen molar-refractivity contribution in [2.24, 2.45) is 5.92 Å². The minimum Gasteiger partial charge on any atom is -0.496 e. The van der Waals surface area contributed by atoms with Crippen LogP contribution < -0.4 is 24.8 Å². The van der Waals surface area contributed by atoms with Crippen molar-refractivity contribution in [3.05, 3.63) is 57.6 Å². The van der Waals surface area contributed by atoms with Crippen molar-refractivity contribution >= 4 is 46.8 Å². The minimum absolute atomic E-state index is 0.0631. The van der Waals surface area contributed by atoms with Gasteiger partial charge in [-0.25, -0.2) is 0 Å². The van der Waals surface area contributed by atoms with E-state index in [1.54, 1.807) is 31.2 Å². The molecule has 0 spiro atoms. The van der Waals surface area contributed by atoms with E-state index in [0.29, 0.717) is 33.5 Å². The molecule has 1 aliphatic heterocycles. The average Bonchev–Trinajstić information content (AvgIpc) is 2.92. The Labute approximate surface area is 229 Å². The summed E-state index contributed by atoms with van der Waals surface area (Å²) in [6, 6.07) is 12.0. The fraction of sp³-hybridized carbons (Fsp3) is 0.308. The smallest absolute Gasteiger partial charge is 0.319 e. The van der Waals surface area contributed by atoms with Gasteiger partial charge in [0, 0.05) is 23.6 Å². The molecule has 0 saturated carbocycles. The number of carbonyl (C=O) groups excluding carboxylic acids is 3. The number of anilines is 1. The van der Waals surface area contributed by atoms with Crippen LogP contribution in [0, 0.1) is 17.2 Å². The molecule has 0 aromatic heterocycles. The molecule has 2 atom stereocenters. The highest BCUT2D eigenvalue weighted by Gasteiger charge is 2.45. The zero-order valence-corrected chi connectivity index (χ0v) is 22.7. The lowest BCUT2D eigenvalue weighted by molar-refractivity contribution is -0.152. The maximum atomic E-state index is 13.1. The highest BCUT2D eigenvalue weighted by molar-refractivity contribution is 8.03. The SMILES string of the molecule is CCOC(=O)[C@H]1C(=O)NC(SCC(=O)Nc2cc(OC)c(Cl)cc2OC)=C(C#N)[C@@H]1c1ccccc1OC. The number of hydrogen-bond donors (Lipinski definition) is 2. The van der Waals surface area contributed by atoms with Crippen molar-refractivity contribution in [3.8, 4) is 23.3 Å². The van der Waals surface area contributed by atoms with E-state index >= 15 is 0 Å². The van der Waals surface area contributed by atoms with Crippen LogP contribution in [0.3, 0.4) is 0 Å². The van der Waals surface area contributed by atoms with Crippen LogP contribution >= 0.6 is 23.4 Å². The summed E-state index contributed by atoms with van der Waals surface area (Å²) in [5, 5.41) is 15.9. The van der Waals surface area contributed by atoms with Crippen LogP contribution in [0.1, 0.15) is 18.4 Å². The molecule has 2 amide bonds. The molecule has 2 N–H and O–H groups in total. The van der Waals surface area contributed by atoms with Crippen LogP contribution in [0.2, 0.25) is 5.02 Å². The Balaban J connectivity index is 1.94. The quantitative estimate of drug-likeness (QED) is 0.328. The predicted molar refractivity (Wildman–Crippen MR) is 142 cm³/mol. The third-order valence-electron chi connectivity index (χ3n) is 5.64. The highest BCUT2D eigenvalue weighted by Crippen LogP contribution is 2.43. The molecule has 0 aliphatic carbocycles. The first-order valence-corrected chi connectivity index (χ1v) is 12.7. The third-order valence-corrected chi connectivity index (χ3v) is 6.95. The summed E-state index contributed by atoms with van der Waals surface area (Å²) in [6.45, 7) is 1.69. The van der Waals surface area contributed by atoms with E-state index in [4.69, 9.17) is 30.5 Å². The number of rotatable bonds is 10. The molecule has 2 aromatic carbocycles. The van der Waals surface area contributed by atoms with Crippen molar-refractivity contribution < 1.29 is 33.3 Å². The Kier molecular flexibility index (Phi) is 9.87. The summed E-state index contributed by atoms with van der Waals surface area (Å²) in [5.41, 5.74) is 0.909. The topological polar surface area (TPSA) is 136 Å². The fourth-order valence-corrected chi connectivity index (χ4v) is 5.05. The van der Waals surface area contributed by atoms with Gasteiger partial charge in [0.15, 0.2) is 0 Å². The van der Waals surface area contributed by atoms with Crippen LogP contribution in [0.4, 0.5) is 5.69 Å². The standard InChI is InChI=1S/C26H26ClN3O7S/c1-5-37-26(33)23-22(14-8-6-7-9-18(14)34-2)15(12-28)25(30-24(23)32)38-13-21(31)29-17-11-19(35-3)16(27)10-20(17)36-4/h6-11,22-23H,5,13H2,1-4H3,(H,29,31)(H,30,32)/t22-,23+/m0/s1. The third kappa shape index (κ3) is 6.15. The van der Waals surface area contributed by atoms with Crippen molar-refractivity contribution in [1.82, 2.24) is 5.32 Å². The zero-order chi connectivity index (χ0) is 27.8. The highest BCUT2D eigenvalue weighted by atomic mass is 35.5. The summed E-state index contributed by atoms with van der Waals surface area (Å²) < 4.78 is 21.1. The molecule has 1 heterocycles. The van der Waals surface area contributed by atoms with Crippen molar-refractivity contribution in [3.63, 3.8) is 0 Å². The van der Waals surface area contributed by atoms with Crippen molar-refractivity contribution in [2.45, 2.75) is 12.8 Å². The van der Waals surface area contributed by atoms with Gasteiger partial charge in [0.05, 0.1) is 61.1 Å². The molecule has 2 aromatic rings. The monoisotopic (exact) mass is 559 g/mol. The number of hydrogen-bond acceptors (Lipinski definition) is 9. The number of nitrogens with zero attached hydrogens (tertiary/aromatic N) is 1. The van der Waals surface area contributed by atoms with E-state index in [1.165, 1.54) is 33.5 Å². The summed E-state index contributed by atoms with van der Waals surface area (Å²) in [7, 11) is 4.33. The number of allylic oxidation sites excluding steroid dienone is 1. The Morgan fingerprint density at radius 1 is 1.11 bits per heavy atom. The number of halogens is 1. The van der Waals surface area contributed by atoms with Gasteiger partial charge in [-0.2, -0.15) is 5.26 Å². The van der Waals surface area contributed by atoms with Crippen molar-refractivity contribution in [1.29, 1.82) is 5.26 Å². The summed E-state index contributed by atoms with van der Waals surface area (Å²) in [5.74, 6) is -3.25. The number of esters is 1. The van der Waals surface area contributed by atoms with Gasteiger partial charge in [0.2, 0.25) is 11.8 Å². The van der Waals surface area contributed by atoms with Gasteiger partial charge in [0.1, 0.15) is 23.2 Å². The largest absolute Gasteiger partial charge is 0.496 e. The molecular formula is C26H26ClN3O7S. The van der Waals surface area contributed by atoms with Gasteiger partial charge >= 0.3 is 5.97 Å². The second-order valence-corrected chi connectivity index (χ2v) is 9.21. The molecule has 10 nitrogen and oxygen atoms in total. The van der Waals surface area contributed by atoms with Crippen LogP contribution in [0.25, 0.3) is 0 Å². The maximum Gasteiger partial charge on any atom is 0.319 e. The Hall–Kier alpha value is -3.88. The number of ether oxygens (including phenoxy) is 4. The van der Waals surface area contributed by atoms with E-state index in [2.05, 4.69) is 16.7 Å². The summed E-state index contributed by atoms with van der Waals surface area (Å²) >= 11 is 7.07. The predicted octanol–water partition coefficient (Wildman–Crippen LogP) is 3.87. The van der Waals surface area contributed by atoms with E-state index in [-0.39, 0.29) is 23.0 Å². The maximum absolute atomic E-state index is 13.1. The first-order valence-electron chi connectivity index (χ1n) is 11.4. The van der Waals surface area contributed by atoms with Gasteiger partial charge in [-0.1, -0.05) is 41.6 Å². The average molecular weight is 560 g/mol. The second kappa shape index (κ2) is 13.1. The molecule has 0 unspecified atom stereocenters. The molecule has 1 aliphatic rings. The Morgan fingerprint density at radius 2 is 1.79 bits per heavy atom. The minimum atomic E-state index is -1.31. The second-order valence-electron chi connectivity index (χ2n) is 7.82.